The minimum atomic E-state index is 0.0561. The summed E-state index contributed by atoms with van der Waals surface area (Å²) in [7, 11) is 0. The van der Waals surface area contributed by atoms with Gasteiger partial charge in [0.15, 0.2) is 0 Å². The number of piperidine rings is 2. The van der Waals surface area contributed by atoms with E-state index in [9.17, 15) is 4.79 Å². The van der Waals surface area contributed by atoms with Gasteiger partial charge in [-0.25, -0.2) is 0 Å². The van der Waals surface area contributed by atoms with E-state index in [1.807, 2.05) is 24.3 Å². The van der Waals surface area contributed by atoms with Crippen molar-refractivity contribution < 1.29 is 9.32 Å². The minimum Gasteiger partial charge on any atom is -0.352 e. The maximum atomic E-state index is 12.8. The number of rotatable bonds is 8. The zero-order chi connectivity index (χ0) is 24.7. The Labute approximate surface area is 221 Å². The van der Waals surface area contributed by atoms with Crippen LogP contribution in [0.4, 0.5) is 0 Å². The highest BCUT2D eigenvalue weighted by molar-refractivity contribution is 9.10. The van der Waals surface area contributed by atoms with Crippen LogP contribution >= 0.6 is 15.9 Å². The Morgan fingerprint density at radius 1 is 0.889 bits per heavy atom. The van der Waals surface area contributed by atoms with Gasteiger partial charge < -0.3 is 9.84 Å². The fourth-order valence-corrected chi connectivity index (χ4v) is 5.32. The molecule has 2 aliphatic heterocycles. The molecule has 2 fully saturated rings. The van der Waals surface area contributed by atoms with E-state index in [1.54, 1.807) is 0 Å². The molecule has 190 valence electrons. The lowest BCUT2D eigenvalue weighted by molar-refractivity contribution is -0.126. The second-order valence-electron chi connectivity index (χ2n) is 9.94. The summed E-state index contributed by atoms with van der Waals surface area (Å²) in [4.78, 5) is 22.1. The first kappa shape index (κ1) is 25.1. The van der Waals surface area contributed by atoms with Gasteiger partial charge in [-0.3, -0.25) is 14.6 Å². The summed E-state index contributed by atoms with van der Waals surface area (Å²) in [5.74, 6) is 1.42. The lowest BCUT2D eigenvalue weighted by Gasteiger charge is -2.30. The molecule has 1 amide bonds. The summed E-state index contributed by atoms with van der Waals surface area (Å²) < 4.78 is 6.48. The number of hydrogen-bond acceptors (Lipinski definition) is 6. The molecular formula is C28H34BrN5O2. The molecule has 8 heteroatoms. The van der Waals surface area contributed by atoms with Crippen molar-refractivity contribution in [3.63, 3.8) is 0 Å². The van der Waals surface area contributed by atoms with Gasteiger partial charge in [-0.15, -0.1) is 0 Å². The monoisotopic (exact) mass is 551 g/mol. The molecule has 5 rings (SSSR count). The van der Waals surface area contributed by atoms with Crippen molar-refractivity contribution in [1.82, 2.24) is 25.3 Å². The molecule has 7 nitrogen and oxygen atoms in total. The third-order valence-electron chi connectivity index (χ3n) is 7.23. The predicted octanol–water partition coefficient (Wildman–Crippen LogP) is 5.01. The smallest absolute Gasteiger partial charge is 0.241 e. The van der Waals surface area contributed by atoms with Gasteiger partial charge in [0.1, 0.15) is 0 Å². The number of aromatic nitrogens is 2. The molecule has 0 saturated carbocycles. The first-order valence-electron chi connectivity index (χ1n) is 13.0. The van der Waals surface area contributed by atoms with Crippen LogP contribution in [0.3, 0.4) is 0 Å². The molecule has 0 bridgehead atoms. The zero-order valence-corrected chi connectivity index (χ0v) is 22.3. The Morgan fingerprint density at radius 3 is 2.28 bits per heavy atom. The average molecular weight is 553 g/mol. The van der Waals surface area contributed by atoms with E-state index in [0.717, 1.165) is 48.1 Å². The molecule has 0 unspecified atom stereocenters. The van der Waals surface area contributed by atoms with Gasteiger partial charge in [0.25, 0.3) is 0 Å². The lowest BCUT2D eigenvalue weighted by atomic mass is 9.96. The summed E-state index contributed by atoms with van der Waals surface area (Å²) in [6.45, 7) is 6.33. The molecule has 2 aromatic carbocycles. The summed E-state index contributed by atoms with van der Waals surface area (Å²) >= 11 is 3.44. The first-order chi connectivity index (χ1) is 17.6. The fourth-order valence-electron chi connectivity index (χ4n) is 5.05. The molecule has 2 aliphatic rings. The van der Waals surface area contributed by atoms with E-state index in [-0.39, 0.29) is 11.8 Å². The molecule has 1 N–H and O–H groups in total. The normalized spacial score (nSPS) is 17.8. The van der Waals surface area contributed by atoms with E-state index in [2.05, 4.69) is 65.5 Å². The van der Waals surface area contributed by atoms with E-state index in [0.29, 0.717) is 24.8 Å². The molecule has 36 heavy (non-hydrogen) atoms. The molecule has 3 heterocycles. The Kier molecular flexibility index (Phi) is 8.46. The van der Waals surface area contributed by atoms with Gasteiger partial charge in [0, 0.05) is 29.0 Å². The molecule has 3 aromatic rings. The van der Waals surface area contributed by atoms with E-state index >= 15 is 0 Å². The van der Waals surface area contributed by atoms with Crippen molar-refractivity contribution in [1.29, 1.82) is 0 Å². The van der Waals surface area contributed by atoms with E-state index < -0.39 is 0 Å². The minimum absolute atomic E-state index is 0.0561. The number of benzene rings is 2. The van der Waals surface area contributed by atoms with Gasteiger partial charge >= 0.3 is 0 Å². The summed E-state index contributed by atoms with van der Waals surface area (Å²) in [5, 5.41) is 7.27. The molecule has 2 saturated heterocycles. The topological polar surface area (TPSA) is 74.5 Å². The number of halogens is 1. The van der Waals surface area contributed by atoms with Crippen molar-refractivity contribution in [3.8, 4) is 11.4 Å². The highest BCUT2D eigenvalue weighted by Crippen LogP contribution is 2.22. The van der Waals surface area contributed by atoms with Crippen LogP contribution in [0.1, 0.15) is 49.1 Å². The van der Waals surface area contributed by atoms with Crippen molar-refractivity contribution in [2.45, 2.75) is 51.7 Å². The van der Waals surface area contributed by atoms with Crippen LogP contribution < -0.4 is 5.32 Å². The van der Waals surface area contributed by atoms with Crippen LogP contribution in [-0.2, 0) is 24.4 Å². The Bertz CT molecular complexity index is 1120. The number of carbonyl (C=O) groups excluding carboxylic acids is 1. The summed E-state index contributed by atoms with van der Waals surface area (Å²) in [5.41, 5.74) is 3.44. The van der Waals surface area contributed by atoms with Crippen molar-refractivity contribution in [2.24, 2.45) is 5.92 Å². The van der Waals surface area contributed by atoms with Crippen LogP contribution in [0.25, 0.3) is 11.4 Å². The first-order valence-corrected chi connectivity index (χ1v) is 13.8. The molecule has 0 atom stereocenters. The van der Waals surface area contributed by atoms with Crippen LogP contribution in [0, 0.1) is 5.92 Å². The second kappa shape index (κ2) is 12.1. The molecular weight excluding hydrogens is 518 g/mol. The predicted molar refractivity (Wildman–Crippen MR) is 143 cm³/mol. The van der Waals surface area contributed by atoms with Crippen LogP contribution in [0.5, 0.6) is 0 Å². The van der Waals surface area contributed by atoms with E-state index in [4.69, 9.17) is 4.52 Å². The van der Waals surface area contributed by atoms with Crippen LogP contribution in [-0.4, -0.2) is 52.0 Å². The number of nitrogens with zero attached hydrogens (tertiary/aromatic N) is 4. The largest absolute Gasteiger partial charge is 0.352 e. The lowest BCUT2D eigenvalue weighted by Crippen LogP contribution is -2.40. The SMILES string of the molecule is O=C(NCc1ccc(CN2CCCCC2)cc1)C1CCN(Cc2nc(-c3ccc(Br)cc3)no2)CC1. The summed E-state index contributed by atoms with van der Waals surface area (Å²) in [6.07, 6.45) is 5.67. The van der Waals surface area contributed by atoms with Crippen LogP contribution in [0.2, 0.25) is 0 Å². The van der Waals surface area contributed by atoms with Crippen LogP contribution in [0.15, 0.2) is 57.5 Å². The quantitative estimate of drug-likeness (QED) is 0.424. The third kappa shape index (κ3) is 6.81. The number of hydrogen-bond donors (Lipinski definition) is 1. The number of carbonyl (C=O) groups is 1. The third-order valence-corrected chi connectivity index (χ3v) is 7.76. The Hall–Kier alpha value is -2.55. The van der Waals surface area contributed by atoms with Gasteiger partial charge in [-0.1, -0.05) is 51.8 Å². The summed E-state index contributed by atoms with van der Waals surface area (Å²) in [6, 6.07) is 16.6. The second-order valence-corrected chi connectivity index (χ2v) is 10.9. The average Bonchev–Trinajstić information content (AvgIpc) is 3.38. The number of likely N-dealkylation sites (tertiary alicyclic amines) is 2. The van der Waals surface area contributed by atoms with Gasteiger partial charge in [-0.2, -0.15) is 4.98 Å². The molecule has 0 radical (unpaired) electrons. The molecule has 0 spiro atoms. The van der Waals surface area contributed by atoms with Gasteiger partial charge in [-0.05, 0) is 87.3 Å². The molecule has 0 aliphatic carbocycles. The highest BCUT2D eigenvalue weighted by atomic mass is 79.9. The fraction of sp³-hybridized carbons (Fsp3) is 0.464. The van der Waals surface area contributed by atoms with E-state index in [1.165, 1.54) is 37.9 Å². The van der Waals surface area contributed by atoms with Gasteiger partial charge in [0.05, 0.1) is 6.54 Å². The zero-order valence-electron chi connectivity index (χ0n) is 20.7. The standard InChI is InChI=1S/C28H34BrN5O2/c29-25-10-8-23(9-11-25)27-31-26(36-32-27)20-34-16-12-24(13-17-34)28(35)30-18-21-4-6-22(7-5-21)19-33-14-2-1-3-15-33/h4-11,24H,1-3,12-20H2,(H,30,35). The maximum Gasteiger partial charge on any atom is 0.241 e. The maximum absolute atomic E-state index is 12.8. The van der Waals surface area contributed by atoms with Gasteiger partial charge in [0.2, 0.25) is 17.6 Å². The Balaban J connectivity index is 1.03. The van der Waals surface area contributed by atoms with Crippen molar-refractivity contribution in [2.75, 3.05) is 26.2 Å². The highest BCUT2D eigenvalue weighted by Gasteiger charge is 2.26. The number of amides is 1. The Morgan fingerprint density at radius 2 is 1.56 bits per heavy atom. The number of nitrogens with one attached hydrogen (secondary N) is 1. The molecule has 1 aromatic heterocycles. The van der Waals surface area contributed by atoms with Crippen molar-refractivity contribution in [3.05, 3.63) is 70.0 Å². The van der Waals surface area contributed by atoms with Crippen molar-refractivity contribution >= 4 is 21.8 Å².